The standard InChI is InChI=1S/C15H17ClN2O/c1-9-5-11(3)13(6-10(9)2)15(19)8-18-12(4)14(16)7-17-18/h5-7H,8H2,1-4H3. The lowest BCUT2D eigenvalue weighted by atomic mass is 9.98. The number of halogens is 1. The van der Waals surface area contributed by atoms with Gasteiger partial charge in [0, 0.05) is 5.56 Å². The van der Waals surface area contributed by atoms with Crippen LogP contribution in [0.1, 0.15) is 32.7 Å². The van der Waals surface area contributed by atoms with Crippen molar-refractivity contribution in [3.63, 3.8) is 0 Å². The molecule has 0 saturated heterocycles. The molecule has 0 saturated carbocycles. The van der Waals surface area contributed by atoms with Crippen molar-refractivity contribution in [3.05, 3.63) is 51.3 Å². The second kappa shape index (κ2) is 5.17. The first kappa shape index (κ1) is 13.8. The van der Waals surface area contributed by atoms with Crippen LogP contribution in [0.4, 0.5) is 0 Å². The lowest BCUT2D eigenvalue weighted by molar-refractivity contribution is 0.0966. The van der Waals surface area contributed by atoms with Gasteiger partial charge in [-0.2, -0.15) is 5.10 Å². The van der Waals surface area contributed by atoms with Crippen LogP contribution in [-0.2, 0) is 6.54 Å². The molecule has 0 spiro atoms. The predicted octanol–water partition coefficient (Wildman–Crippen LogP) is 3.65. The molecule has 0 unspecified atom stereocenters. The van der Waals surface area contributed by atoms with Crippen molar-refractivity contribution in [2.45, 2.75) is 34.2 Å². The van der Waals surface area contributed by atoms with Crippen LogP contribution in [-0.4, -0.2) is 15.6 Å². The molecule has 0 fully saturated rings. The number of carbonyl (C=O) groups is 1. The molecule has 0 aliphatic rings. The Morgan fingerprint density at radius 2 is 1.79 bits per heavy atom. The van der Waals surface area contributed by atoms with E-state index >= 15 is 0 Å². The summed E-state index contributed by atoms with van der Waals surface area (Å²) in [6.45, 7) is 8.11. The summed E-state index contributed by atoms with van der Waals surface area (Å²) in [5.74, 6) is 0.0588. The topological polar surface area (TPSA) is 34.9 Å². The SMILES string of the molecule is Cc1cc(C)c(C(=O)Cn2ncc(Cl)c2C)cc1C. The van der Waals surface area contributed by atoms with Gasteiger partial charge in [-0.3, -0.25) is 9.48 Å². The summed E-state index contributed by atoms with van der Waals surface area (Å²) in [6.07, 6.45) is 1.57. The number of rotatable bonds is 3. The van der Waals surface area contributed by atoms with E-state index in [1.54, 1.807) is 10.9 Å². The molecule has 1 heterocycles. The van der Waals surface area contributed by atoms with Gasteiger partial charge in [-0.1, -0.05) is 17.7 Å². The minimum absolute atomic E-state index is 0.0588. The maximum Gasteiger partial charge on any atom is 0.184 e. The van der Waals surface area contributed by atoms with E-state index in [0.717, 1.165) is 22.4 Å². The Labute approximate surface area is 118 Å². The van der Waals surface area contributed by atoms with Gasteiger partial charge in [0.25, 0.3) is 0 Å². The molecule has 3 nitrogen and oxygen atoms in total. The lowest BCUT2D eigenvalue weighted by Gasteiger charge is -2.10. The Morgan fingerprint density at radius 3 is 2.37 bits per heavy atom. The third-order valence-electron chi connectivity index (χ3n) is 3.48. The van der Waals surface area contributed by atoms with Crippen molar-refractivity contribution in [1.29, 1.82) is 0 Å². The highest BCUT2D eigenvalue weighted by Gasteiger charge is 2.13. The lowest BCUT2D eigenvalue weighted by Crippen LogP contribution is -2.14. The Bertz CT molecular complexity index is 644. The van der Waals surface area contributed by atoms with Crippen molar-refractivity contribution < 1.29 is 4.79 Å². The smallest absolute Gasteiger partial charge is 0.184 e. The minimum atomic E-state index is 0.0588. The highest BCUT2D eigenvalue weighted by Crippen LogP contribution is 2.18. The van der Waals surface area contributed by atoms with Gasteiger partial charge in [0.15, 0.2) is 5.78 Å². The van der Waals surface area contributed by atoms with Crippen molar-refractivity contribution in [2.24, 2.45) is 0 Å². The van der Waals surface area contributed by atoms with Crippen molar-refractivity contribution in [2.75, 3.05) is 0 Å². The van der Waals surface area contributed by atoms with E-state index in [1.807, 2.05) is 39.8 Å². The fourth-order valence-electron chi connectivity index (χ4n) is 2.07. The van der Waals surface area contributed by atoms with Gasteiger partial charge in [-0.25, -0.2) is 0 Å². The van der Waals surface area contributed by atoms with Gasteiger partial charge in [0.2, 0.25) is 0 Å². The number of ketones is 1. The quantitative estimate of drug-likeness (QED) is 0.802. The highest BCUT2D eigenvalue weighted by atomic mass is 35.5. The first-order chi connectivity index (χ1) is 8.90. The van der Waals surface area contributed by atoms with E-state index in [2.05, 4.69) is 5.10 Å². The molecular formula is C15H17ClN2O. The van der Waals surface area contributed by atoms with E-state index in [9.17, 15) is 4.79 Å². The predicted molar refractivity (Wildman–Crippen MR) is 77.0 cm³/mol. The Hall–Kier alpha value is -1.61. The second-order valence-corrected chi connectivity index (χ2v) is 5.32. The van der Waals surface area contributed by atoms with Gasteiger partial charge in [-0.15, -0.1) is 0 Å². The van der Waals surface area contributed by atoms with Crippen molar-refractivity contribution in [1.82, 2.24) is 9.78 Å². The molecular weight excluding hydrogens is 260 g/mol. The monoisotopic (exact) mass is 276 g/mol. The number of carbonyl (C=O) groups excluding carboxylic acids is 1. The molecule has 0 bridgehead atoms. The zero-order chi connectivity index (χ0) is 14.2. The normalized spacial score (nSPS) is 10.8. The van der Waals surface area contributed by atoms with Crippen LogP contribution >= 0.6 is 11.6 Å². The summed E-state index contributed by atoms with van der Waals surface area (Å²) in [4.78, 5) is 12.4. The molecule has 1 aromatic carbocycles. The zero-order valence-corrected chi connectivity index (χ0v) is 12.4. The van der Waals surface area contributed by atoms with E-state index < -0.39 is 0 Å². The minimum Gasteiger partial charge on any atom is -0.292 e. The summed E-state index contributed by atoms with van der Waals surface area (Å²) in [7, 11) is 0. The van der Waals surface area contributed by atoms with Crippen LogP contribution in [0.15, 0.2) is 18.3 Å². The molecule has 1 aromatic heterocycles. The van der Waals surface area contributed by atoms with Gasteiger partial charge < -0.3 is 0 Å². The molecule has 0 N–H and O–H groups in total. The second-order valence-electron chi connectivity index (χ2n) is 4.91. The van der Waals surface area contributed by atoms with Crippen LogP contribution in [0, 0.1) is 27.7 Å². The molecule has 0 aliphatic carbocycles. The molecule has 19 heavy (non-hydrogen) atoms. The molecule has 4 heteroatoms. The summed E-state index contributed by atoms with van der Waals surface area (Å²) in [5, 5.41) is 4.70. The van der Waals surface area contributed by atoms with Gasteiger partial charge in [0.1, 0.15) is 6.54 Å². The Balaban J connectivity index is 2.30. The van der Waals surface area contributed by atoms with Crippen LogP contribution in [0.25, 0.3) is 0 Å². The fourth-order valence-corrected chi connectivity index (χ4v) is 2.21. The molecule has 2 aromatic rings. The summed E-state index contributed by atoms with van der Waals surface area (Å²) >= 11 is 5.94. The number of benzene rings is 1. The number of nitrogens with zero attached hydrogens (tertiary/aromatic N) is 2. The van der Waals surface area contributed by atoms with Crippen LogP contribution in [0.2, 0.25) is 5.02 Å². The summed E-state index contributed by atoms with van der Waals surface area (Å²) in [6, 6.07) is 4.00. The molecule has 0 aliphatic heterocycles. The largest absolute Gasteiger partial charge is 0.292 e. The maximum atomic E-state index is 12.4. The van der Waals surface area contributed by atoms with Gasteiger partial charge in [0.05, 0.1) is 16.9 Å². The molecule has 0 amide bonds. The third kappa shape index (κ3) is 2.71. The van der Waals surface area contributed by atoms with E-state index in [1.165, 1.54) is 5.56 Å². The molecule has 0 atom stereocenters. The summed E-state index contributed by atoms with van der Waals surface area (Å²) < 4.78 is 1.64. The highest BCUT2D eigenvalue weighted by molar-refractivity contribution is 6.31. The van der Waals surface area contributed by atoms with Crippen molar-refractivity contribution in [3.8, 4) is 0 Å². The fraction of sp³-hybridized carbons (Fsp3) is 0.333. The van der Waals surface area contributed by atoms with Crippen molar-refractivity contribution >= 4 is 17.4 Å². The van der Waals surface area contributed by atoms with E-state index in [0.29, 0.717) is 5.02 Å². The first-order valence-electron chi connectivity index (χ1n) is 6.19. The first-order valence-corrected chi connectivity index (χ1v) is 6.57. The number of hydrogen-bond acceptors (Lipinski definition) is 2. The Morgan fingerprint density at radius 1 is 1.16 bits per heavy atom. The van der Waals surface area contributed by atoms with Crippen LogP contribution in [0.3, 0.4) is 0 Å². The maximum absolute atomic E-state index is 12.4. The Kier molecular flexibility index (Phi) is 3.76. The van der Waals surface area contributed by atoms with Gasteiger partial charge in [-0.05, 0) is 50.5 Å². The molecule has 0 radical (unpaired) electrons. The van der Waals surface area contributed by atoms with E-state index in [-0.39, 0.29) is 12.3 Å². The number of Topliss-reactive ketones (excluding diaryl/α,β-unsaturated/α-hetero) is 1. The number of aromatic nitrogens is 2. The average molecular weight is 277 g/mol. The third-order valence-corrected chi connectivity index (χ3v) is 3.85. The van der Waals surface area contributed by atoms with E-state index in [4.69, 9.17) is 11.6 Å². The summed E-state index contributed by atoms with van der Waals surface area (Å²) in [5.41, 5.74) is 4.91. The average Bonchev–Trinajstić information content (AvgIpc) is 2.65. The molecule has 2 rings (SSSR count). The van der Waals surface area contributed by atoms with Crippen LogP contribution < -0.4 is 0 Å². The van der Waals surface area contributed by atoms with Gasteiger partial charge >= 0.3 is 0 Å². The number of aryl methyl sites for hydroxylation is 3. The van der Waals surface area contributed by atoms with Crippen LogP contribution in [0.5, 0.6) is 0 Å². The molecule has 100 valence electrons. The zero-order valence-electron chi connectivity index (χ0n) is 11.6. The number of hydrogen-bond donors (Lipinski definition) is 0.